The first-order valence-electron chi connectivity index (χ1n) is 5.56. The molecule has 0 aromatic carbocycles. The van der Waals surface area contributed by atoms with Crippen molar-refractivity contribution < 1.29 is 0 Å². The van der Waals surface area contributed by atoms with Gasteiger partial charge in [-0.1, -0.05) is 26.8 Å². The molecule has 1 aromatic heterocycles. The summed E-state index contributed by atoms with van der Waals surface area (Å²) >= 11 is 0. The van der Waals surface area contributed by atoms with Gasteiger partial charge in [-0.05, 0) is 12.8 Å². The van der Waals surface area contributed by atoms with E-state index >= 15 is 0 Å². The van der Waals surface area contributed by atoms with E-state index in [-0.39, 0.29) is 0 Å². The lowest BCUT2D eigenvalue weighted by Crippen LogP contribution is -2.31. The summed E-state index contributed by atoms with van der Waals surface area (Å²) in [6, 6.07) is 0.544. The Hall–Kier alpha value is -1.09. The molecule has 1 rings (SSSR count). The maximum absolute atomic E-state index is 4.14. The Kier molecular flexibility index (Phi) is 4.56. The zero-order valence-electron chi connectivity index (χ0n) is 9.90. The van der Waals surface area contributed by atoms with Crippen LogP contribution in [-0.4, -0.2) is 15.8 Å². The van der Waals surface area contributed by atoms with Crippen LogP contribution < -0.4 is 5.32 Å². The largest absolute Gasteiger partial charge is 0.310 e. The highest BCUT2D eigenvalue weighted by atomic mass is 15.2. The van der Waals surface area contributed by atoms with Gasteiger partial charge < -0.3 is 5.32 Å². The van der Waals surface area contributed by atoms with Gasteiger partial charge >= 0.3 is 0 Å². The van der Waals surface area contributed by atoms with E-state index < -0.39 is 0 Å². The van der Waals surface area contributed by atoms with Gasteiger partial charge in [0, 0.05) is 30.5 Å². The van der Waals surface area contributed by atoms with Gasteiger partial charge in [-0.15, -0.1) is 0 Å². The van der Waals surface area contributed by atoms with Gasteiger partial charge in [0.05, 0.1) is 6.20 Å². The molecule has 2 atom stereocenters. The fraction of sp³-hybridized carbons (Fsp3) is 0.583. The number of hydrogen-bond acceptors (Lipinski definition) is 2. The van der Waals surface area contributed by atoms with Crippen LogP contribution in [0.15, 0.2) is 19.0 Å². The average molecular weight is 207 g/mol. The van der Waals surface area contributed by atoms with E-state index in [0.717, 1.165) is 6.54 Å². The molecule has 1 N–H and O–H groups in total. The Balaban J connectivity index is 2.39. The fourth-order valence-electron chi connectivity index (χ4n) is 1.40. The van der Waals surface area contributed by atoms with Crippen molar-refractivity contribution in [2.45, 2.75) is 39.8 Å². The van der Waals surface area contributed by atoms with Crippen molar-refractivity contribution in [1.82, 2.24) is 15.1 Å². The summed E-state index contributed by atoms with van der Waals surface area (Å²) < 4.78 is 1.73. The van der Waals surface area contributed by atoms with Gasteiger partial charge in [-0.2, -0.15) is 5.10 Å². The third-order valence-electron chi connectivity index (χ3n) is 2.97. The zero-order chi connectivity index (χ0) is 11.3. The number of hydrogen-bond donors (Lipinski definition) is 1. The molecule has 0 saturated heterocycles. The van der Waals surface area contributed by atoms with Crippen LogP contribution in [-0.2, 0) is 6.54 Å². The quantitative estimate of drug-likeness (QED) is 0.776. The lowest BCUT2D eigenvalue weighted by molar-refractivity contribution is 0.389. The van der Waals surface area contributed by atoms with Gasteiger partial charge in [0.2, 0.25) is 0 Å². The van der Waals surface area contributed by atoms with Crippen molar-refractivity contribution in [1.29, 1.82) is 0 Å². The molecule has 0 spiro atoms. The summed E-state index contributed by atoms with van der Waals surface area (Å²) in [6.45, 7) is 11.3. The monoisotopic (exact) mass is 207 g/mol. The standard InChI is InChI=1S/C12H21N3/c1-5-10(3)11(4)13-7-12-8-14-15(6-2)9-12/h6,8-11,13H,2,5,7H2,1,3-4H3. The summed E-state index contributed by atoms with van der Waals surface area (Å²) in [5, 5.41) is 7.64. The van der Waals surface area contributed by atoms with E-state index in [2.05, 4.69) is 37.8 Å². The van der Waals surface area contributed by atoms with Gasteiger partial charge in [-0.25, -0.2) is 4.68 Å². The van der Waals surface area contributed by atoms with E-state index in [1.807, 2.05) is 12.4 Å². The van der Waals surface area contributed by atoms with E-state index in [0.29, 0.717) is 12.0 Å². The molecule has 3 nitrogen and oxygen atoms in total. The average Bonchev–Trinajstić information content (AvgIpc) is 2.72. The summed E-state index contributed by atoms with van der Waals surface area (Å²) in [7, 11) is 0. The fourth-order valence-corrected chi connectivity index (χ4v) is 1.40. The smallest absolute Gasteiger partial charge is 0.0538 e. The Labute approximate surface area is 92.2 Å². The van der Waals surface area contributed by atoms with Crippen molar-refractivity contribution in [2.75, 3.05) is 0 Å². The van der Waals surface area contributed by atoms with E-state index in [4.69, 9.17) is 0 Å². The lowest BCUT2D eigenvalue weighted by Gasteiger charge is -2.19. The molecule has 0 aliphatic rings. The van der Waals surface area contributed by atoms with Gasteiger partial charge in [0.15, 0.2) is 0 Å². The Morgan fingerprint density at radius 3 is 2.87 bits per heavy atom. The molecule has 3 heteroatoms. The van der Waals surface area contributed by atoms with E-state index in [1.54, 1.807) is 10.9 Å². The van der Waals surface area contributed by atoms with Crippen LogP contribution in [0.2, 0.25) is 0 Å². The highest BCUT2D eigenvalue weighted by Gasteiger charge is 2.09. The molecular weight excluding hydrogens is 186 g/mol. The van der Waals surface area contributed by atoms with Crippen LogP contribution >= 0.6 is 0 Å². The predicted octanol–water partition coefficient (Wildman–Crippen LogP) is 2.51. The lowest BCUT2D eigenvalue weighted by atomic mass is 10.0. The third-order valence-corrected chi connectivity index (χ3v) is 2.97. The van der Waals surface area contributed by atoms with Crippen LogP contribution in [0.3, 0.4) is 0 Å². The summed E-state index contributed by atoms with van der Waals surface area (Å²) in [5.74, 6) is 0.708. The van der Waals surface area contributed by atoms with Crippen LogP contribution in [0.25, 0.3) is 6.20 Å². The first kappa shape index (κ1) is 12.0. The Morgan fingerprint density at radius 2 is 2.33 bits per heavy atom. The Morgan fingerprint density at radius 1 is 1.60 bits per heavy atom. The zero-order valence-corrected chi connectivity index (χ0v) is 9.90. The highest BCUT2D eigenvalue weighted by Crippen LogP contribution is 2.07. The van der Waals surface area contributed by atoms with E-state index in [9.17, 15) is 0 Å². The minimum Gasteiger partial charge on any atom is -0.310 e. The predicted molar refractivity (Wildman–Crippen MR) is 64.4 cm³/mol. The summed E-state index contributed by atoms with van der Waals surface area (Å²) in [5.41, 5.74) is 1.20. The van der Waals surface area contributed by atoms with Crippen LogP contribution in [0.4, 0.5) is 0 Å². The van der Waals surface area contributed by atoms with Crippen molar-refractivity contribution in [3.63, 3.8) is 0 Å². The molecule has 84 valence electrons. The third kappa shape index (κ3) is 3.51. The Bertz CT molecular complexity index is 304. The molecule has 0 amide bonds. The molecule has 0 aliphatic heterocycles. The highest BCUT2D eigenvalue weighted by molar-refractivity contribution is 5.17. The first-order valence-corrected chi connectivity index (χ1v) is 5.56. The summed E-state index contributed by atoms with van der Waals surface area (Å²) in [6.07, 6.45) is 6.77. The van der Waals surface area contributed by atoms with Crippen molar-refractivity contribution in [3.8, 4) is 0 Å². The topological polar surface area (TPSA) is 29.9 Å². The molecule has 0 saturated carbocycles. The molecule has 2 unspecified atom stereocenters. The number of nitrogens with zero attached hydrogens (tertiary/aromatic N) is 2. The molecule has 0 radical (unpaired) electrons. The maximum atomic E-state index is 4.14. The first-order chi connectivity index (χ1) is 7.17. The van der Waals surface area contributed by atoms with Crippen molar-refractivity contribution >= 4 is 6.20 Å². The van der Waals surface area contributed by atoms with Crippen LogP contribution in [0.5, 0.6) is 0 Å². The maximum Gasteiger partial charge on any atom is 0.0538 e. The molecule has 15 heavy (non-hydrogen) atoms. The van der Waals surface area contributed by atoms with Crippen LogP contribution in [0.1, 0.15) is 32.8 Å². The molecule has 1 aromatic rings. The van der Waals surface area contributed by atoms with Gasteiger partial charge in [0.25, 0.3) is 0 Å². The van der Waals surface area contributed by atoms with Gasteiger partial charge in [0.1, 0.15) is 0 Å². The minimum atomic E-state index is 0.544. The molecule has 0 bridgehead atoms. The minimum absolute atomic E-state index is 0.544. The van der Waals surface area contributed by atoms with Crippen molar-refractivity contribution in [3.05, 3.63) is 24.5 Å². The molecule has 0 aliphatic carbocycles. The molecular formula is C12H21N3. The number of aromatic nitrogens is 2. The second-order valence-corrected chi connectivity index (χ2v) is 4.07. The number of nitrogens with one attached hydrogen (secondary N) is 1. The van der Waals surface area contributed by atoms with Gasteiger partial charge in [-0.3, -0.25) is 0 Å². The van der Waals surface area contributed by atoms with Crippen LogP contribution in [0, 0.1) is 5.92 Å². The van der Waals surface area contributed by atoms with Crippen molar-refractivity contribution in [2.24, 2.45) is 5.92 Å². The number of rotatable bonds is 6. The second kappa shape index (κ2) is 5.71. The summed E-state index contributed by atoms with van der Waals surface area (Å²) in [4.78, 5) is 0. The SMILES string of the molecule is C=Cn1cc(CNC(C)C(C)CC)cn1. The normalized spacial score (nSPS) is 14.9. The molecule has 1 heterocycles. The second-order valence-electron chi connectivity index (χ2n) is 4.07. The molecule has 0 fully saturated rings. The van der Waals surface area contributed by atoms with E-state index in [1.165, 1.54) is 12.0 Å².